The van der Waals surface area contributed by atoms with E-state index in [1.54, 1.807) is 0 Å². The maximum absolute atomic E-state index is 12.9. The lowest BCUT2D eigenvalue weighted by atomic mass is 10.2. The zero-order valence-corrected chi connectivity index (χ0v) is 11.6. The van der Waals surface area contributed by atoms with Crippen LogP contribution in [-0.4, -0.2) is 40.0 Å². The number of alkyl halides is 3. The van der Waals surface area contributed by atoms with Gasteiger partial charge in [-0.15, -0.1) is 0 Å². The van der Waals surface area contributed by atoms with Crippen LogP contribution in [0.3, 0.4) is 0 Å². The minimum absolute atomic E-state index is 0.109. The van der Waals surface area contributed by atoms with Gasteiger partial charge in [-0.3, -0.25) is 0 Å². The summed E-state index contributed by atoms with van der Waals surface area (Å²) in [5.41, 5.74) is -1.32. The molecule has 0 saturated carbocycles. The van der Waals surface area contributed by atoms with Gasteiger partial charge >= 0.3 is 6.18 Å². The van der Waals surface area contributed by atoms with Crippen LogP contribution in [0.1, 0.15) is 5.56 Å². The Labute approximate surface area is 114 Å². The normalized spacial score (nSPS) is 12.8. The first-order valence-corrected chi connectivity index (χ1v) is 6.88. The van der Waals surface area contributed by atoms with E-state index in [2.05, 4.69) is 4.74 Å². The van der Waals surface area contributed by atoms with E-state index in [4.69, 9.17) is 0 Å². The molecule has 0 N–H and O–H groups in total. The first kappa shape index (κ1) is 16.7. The van der Waals surface area contributed by atoms with Crippen molar-refractivity contribution in [3.63, 3.8) is 0 Å². The minimum atomic E-state index is -4.85. The van der Waals surface area contributed by atoms with Gasteiger partial charge in [0.25, 0.3) is 0 Å². The van der Waals surface area contributed by atoms with Crippen molar-refractivity contribution in [2.24, 2.45) is 0 Å². The highest BCUT2D eigenvalue weighted by molar-refractivity contribution is 7.89. The van der Waals surface area contributed by atoms with Crippen LogP contribution in [-0.2, 0) is 21.3 Å². The minimum Gasteiger partial charge on any atom is -0.497 e. The first-order chi connectivity index (χ1) is 9.14. The van der Waals surface area contributed by atoms with E-state index in [0.29, 0.717) is 10.4 Å². The highest BCUT2D eigenvalue weighted by Crippen LogP contribution is 2.37. The fraction of sp³-hybridized carbons (Fsp3) is 0.455. The van der Waals surface area contributed by atoms with Crippen molar-refractivity contribution < 1.29 is 31.4 Å². The zero-order valence-electron chi connectivity index (χ0n) is 10.8. The van der Waals surface area contributed by atoms with Crippen LogP contribution in [0, 0.1) is 0 Å². The molecule has 20 heavy (non-hydrogen) atoms. The number of halogens is 3. The molecule has 0 fully saturated rings. The van der Waals surface area contributed by atoms with Gasteiger partial charge in [-0.2, -0.15) is 17.5 Å². The standard InChI is InChI=1S/C11H13F3NO4S/c1-15(5-6-16)20(17,18)10-4-3-8(19-2)7-9(10)11(12,13)14/h3-4,7H,5-6H2,1-2H3. The molecule has 1 aromatic carbocycles. The Morgan fingerprint density at radius 3 is 2.35 bits per heavy atom. The van der Waals surface area contributed by atoms with Crippen molar-refractivity contribution in [3.8, 4) is 5.75 Å². The lowest BCUT2D eigenvalue weighted by molar-refractivity contribution is -0.140. The molecule has 5 nitrogen and oxygen atoms in total. The maximum Gasteiger partial charge on any atom is 0.417 e. The molecule has 0 amide bonds. The Hall–Kier alpha value is -1.32. The first-order valence-electron chi connectivity index (χ1n) is 5.44. The van der Waals surface area contributed by atoms with Gasteiger partial charge < -0.3 is 4.74 Å². The molecule has 113 valence electrons. The van der Waals surface area contributed by atoms with Gasteiger partial charge in [0.15, 0.2) is 0 Å². The molecule has 1 aromatic rings. The largest absolute Gasteiger partial charge is 0.497 e. The highest BCUT2D eigenvalue weighted by Gasteiger charge is 2.38. The van der Waals surface area contributed by atoms with Gasteiger partial charge in [0, 0.05) is 13.6 Å². The topological polar surface area (TPSA) is 66.5 Å². The summed E-state index contributed by atoms with van der Waals surface area (Å²) in [6.45, 7) is -1.15. The smallest absolute Gasteiger partial charge is 0.417 e. The average Bonchev–Trinajstić information content (AvgIpc) is 2.37. The Morgan fingerprint density at radius 2 is 1.90 bits per heavy atom. The van der Waals surface area contributed by atoms with E-state index < -0.39 is 39.8 Å². The number of hydrogen-bond donors (Lipinski definition) is 0. The zero-order chi connectivity index (χ0) is 15.6. The lowest BCUT2D eigenvalue weighted by Crippen LogP contribution is -2.31. The van der Waals surface area contributed by atoms with Crippen molar-refractivity contribution in [1.29, 1.82) is 0 Å². The number of likely N-dealkylation sites (N-methyl/N-ethyl adjacent to an activating group) is 1. The number of rotatable bonds is 5. The van der Waals surface area contributed by atoms with E-state index in [0.717, 1.165) is 19.2 Å². The van der Waals surface area contributed by atoms with E-state index in [-0.39, 0.29) is 5.75 Å². The van der Waals surface area contributed by atoms with E-state index >= 15 is 0 Å². The van der Waals surface area contributed by atoms with Crippen molar-refractivity contribution >= 4 is 10.0 Å². The van der Waals surface area contributed by atoms with Crippen molar-refractivity contribution in [2.45, 2.75) is 11.1 Å². The van der Waals surface area contributed by atoms with Crippen molar-refractivity contribution in [2.75, 3.05) is 27.3 Å². The molecule has 1 rings (SSSR count). The van der Waals surface area contributed by atoms with Crippen LogP contribution in [0.2, 0.25) is 0 Å². The van der Waals surface area contributed by atoms with Crippen LogP contribution >= 0.6 is 0 Å². The summed E-state index contributed by atoms with van der Waals surface area (Å²) in [5, 5.41) is 10.5. The van der Waals surface area contributed by atoms with Crippen LogP contribution in [0.25, 0.3) is 0 Å². The predicted molar refractivity (Wildman–Crippen MR) is 63.4 cm³/mol. The van der Waals surface area contributed by atoms with Crippen LogP contribution in [0.15, 0.2) is 23.1 Å². The predicted octanol–water partition coefficient (Wildman–Crippen LogP) is 1.76. The molecule has 0 saturated heterocycles. The van der Waals surface area contributed by atoms with Gasteiger partial charge in [0.05, 0.1) is 24.2 Å². The molecule has 0 atom stereocenters. The third-order valence-corrected chi connectivity index (χ3v) is 4.50. The Balaban J connectivity index is 3.45. The summed E-state index contributed by atoms with van der Waals surface area (Å²) in [5.74, 6) is -0.109. The summed E-state index contributed by atoms with van der Waals surface area (Å²) in [4.78, 5) is -0.901. The number of sulfonamides is 1. The third kappa shape index (κ3) is 3.41. The van der Waals surface area contributed by atoms with Gasteiger partial charge in [-0.25, -0.2) is 13.5 Å². The van der Waals surface area contributed by atoms with E-state index in [1.807, 2.05) is 0 Å². The third-order valence-electron chi connectivity index (χ3n) is 2.59. The molecule has 0 bridgehead atoms. The number of ether oxygens (including phenoxy) is 1. The fourth-order valence-electron chi connectivity index (χ4n) is 1.50. The molecule has 0 aliphatic heterocycles. The molecule has 0 aromatic heterocycles. The van der Waals surface area contributed by atoms with E-state index in [9.17, 15) is 26.7 Å². The summed E-state index contributed by atoms with van der Waals surface area (Å²) >= 11 is 0. The monoisotopic (exact) mass is 312 g/mol. The number of methoxy groups -OCH3 is 1. The molecular formula is C11H13F3NO4S. The van der Waals surface area contributed by atoms with E-state index in [1.165, 1.54) is 7.11 Å². The number of hydrogen-bond acceptors (Lipinski definition) is 3. The van der Waals surface area contributed by atoms with Crippen molar-refractivity contribution in [1.82, 2.24) is 4.31 Å². The Bertz CT molecular complexity index is 572. The summed E-state index contributed by atoms with van der Waals surface area (Å²) in [6, 6.07) is 2.55. The SMILES string of the molecule is COc1ccc(S(=O)(=O)N(C)CC[O])c(C(F)(F)F)c1. The summed E-state index contributed by atoms with van der Waals surface area (Å²) < 4.78 is 68.2. The quantitative estimate of drug-likeness (QED) is 0.832. The fourth-order valence-corrected chi connectivity index (χ4v) is 2.84. The molecule has 0 spiro atoms. The van der Waals surface area contributed by atoms with Gasteiger partial charge in [0.2, 0.25) is 10.0 Å². The second-order valence-electron chi connectivity index (χ2n) is 3.89. The second kappa shape index (κ2) is 5.98. The average molecular weight is 312 g/mol. The van der Waals surface area contributed by atoms with Crippen LogP contribution in [0.5, 0.6) is 5.75 Å². The summed E-state index contributed by atoms with van der Waals surface area (Å²) in [6.07, 6.45) is -4.85. The number of benzene rings is 1. The van der Waals surface area contributed by atoms with Gasteiger partial charge in [0.1, 0.15) is 5.75 Å². The number of nitrogens with zero attached hydrogens (tertiary/aromatic N) is 1. The highest BCUT2D eigenvalue weighted by atomic mass is 32.2. The van der Waals surface area contributed by atoms with Crippen LogP contribution < -0.4 is 4.74 Å². The maximum atomic E-state index is 12.9. The molecule has 0 unspecified atom stereocenters. The van der Waals surface area contributed by atoms with Crippen LogP contribution in [0.4, 0.5) is 13.2 Å². The van der Waals surface area contributed by atoms with Crippen molar-refractivity contribution in [3.05, 3.63) is 23.8 Å². The van der Waals surface area contributed by atoms with Gasteiger partial charge in [-0.05, 0) is 18.2 Å². The summed E-state index contributed by atoms with van der Waals surface area (Å²) in [7, 11) is -2.16. The molecule has 0 aliphatic carbocycles. The Kier molecular flexibility index (Phi) is 5.00. The molecule has 0 heterocycles. The Morgan fingerprint density at radius 1 is 1.30 bits per heavy atom. The van der Waals surface area contributed by atoms with Gasteiger partial charge in [-0.1, -0.05) is 0 Å². The molecular weight excluding hydrogens is 299 g/mol. The molecule has 1 radical (unpaired) electrons. The molecule has 0 aliphatic rings. The molecule has 9 heteroatoms. The lowest BCUT2D eigenvalue weighted by Gasteiger charge is -2.19. The second-order valence-corrected chi connectivity index (χ2v) is 5.90.